The molecule has 3 aromatic carbocycles. The van der Waals surface area contributed by atoms with Crippen molar-refractivity contribution in [2.45, 2.75) is 25.8 Å². The average Bonchev–Trinajstić information content (AvgIpc) is 3.29. The largest absolute Gasteiger partial charge is 0.323 e. The fraction of sp³-hybridized carbons (Fsp3) is 0.200. The Morgan fingerprint density at radius 3 is 2.67 bits per heavy atom. The van der Waals surface area contributed by atoms with Crippen LogP contribution in [-0.4, -0.2) is 22.0 Å². The summed E-state index contributed by atoms with van der Waals surface area (Å²) in [4.78, 5) is 19.8. The number of hydrogen-bond acceptors (Lipinski definition) is 2. The van der Waals surface area contributed by atoms with E-state index < -0.39 is 0 Å². The Morgan fingerprint density at radius 2 is 1.83 bits per heavy atom. The summed E-state index contributed by atoms with van der Waals surface area (Å²) in [5.41, 5.74) is 5.25. The van der Waals surface area contributed by atoms with Crippen LogP contribution in [0.4, 0.5) is 5.69 Å². The quantitative estimate of drug-likeness (QED) is 0.437. The van der Waals surface area contributed by atoms with Gasteiger partial charge in [-0.15, -0.1) is 0 Å². The van der Waals surface area contributed by atoms with Crippen LogP contribution < -0.4 is 4.90 Å². The van der Waals surface area contributed by atoms with Gasteiger partial charge < -0.3 is 9.47 Å². The number of aromatic nitrogens is 2. The fourth-order valence-corrected chi connectivity index (χ4v) is 4.58. The number of anilines is 1. The fourth-order valence-electron chi connectivity index (χ4n) is 4.37. The van der Waals surface area contributed by atoms with Crippen molar-refractivity contribution in [3.05, 3.63) is 94.8 Å². The number of fused-ring (bicyclic) bond motifs is 1. The van der Waals surface area contributed by atoms with Crippen molar-refractivity contribution >= 4 is 34.2 Å². The lowest BCUT2D eigenvalue weighted by atomic mass is 10.1. The molecular weight excluding hydrogens is 394 g/mol. The zero-order valence-corrected chi connectivity index (χ0v) is 17.5. The number of halogens is 1. The molecule has 1 aliphatic rings. The number of nitrogens with zero attached hydrogens (tertiary/aromatic N) is 3. The van der Waals surface area contributed by atoms with Crippen molar-refractivity contribution in [1.82, 2.24) is 9.55 Å². The number of rotatable bonds is 4. The van der Waals surface area contributed by atoms with Crippen LogP contribution in [0.25, 0.3) is 11.0 Å². The minimum Gasteiger partial charge on any atom is -0.323 e. The highest BCUT2D eigenvalue weighted by molar-refractivity contribution is 6.30. The van der Waals surface area contributed by atoms with Gasteiger partial charge in [-0.25, -0.2) is 4.98 Å². The lowest BCUT2D eigenvalue weighted by Crippen LogP contribution is -2.25. The van der Waals surface area contributed by atoms with E-state index in [-0.39, 0.29) is 11.8 Å². The third kappa shape index (κ3) is 3.37. The van der Waals surface area contributed by atoms with Crippen LogP contribution in [0.2, 0.25) is 5.02 Å². The monoisotopic (exact) mass is 415 g/mol. The second kappa shape index (κ2) is 7.62. The molecule has 1 saturated heterocycles. The average molecular weight is 416 g/mol. The molecule has 5 rings (SSSR count). The smallest absolute Gasteiger partial charge is 0.227 e. The van der Waals surface area contributed by atoms with Crippen LogP contribution in [-0.2, 0) is 11.3 Å². The van der Waals surface area contributed by atoms with Gasteiger partial charge >= 0.3 is 0 Å². The molecule has 1 atom stereocenters. The second-order valence-corrected chi connectivity index (χ2v) is 8.30. The number of benzene rings is 3. The molecule has 0 radical (unpaired) electrons. The molecule has 1 aromatic heterocycles. The molecule has 0 spiro atoms. The highest BCUT2D eigenvalue weighted by Crippen LogP contribution is 2.34. The number of aryl methyl sites for hydroxylation is 1. The molecule has 4 nitrogen and oxygen atoms in total. The van der Waals surface area contributed by atoms with E-state index in [1.54, 1.807) is 0 Å². The summed E-state index contributed by atoms with van der Waals surface area (Å²) in [5.74, 6) is 1.15. The first-order valence-corrected chi connectivity index (χ1v) is 10.5. The molecule has 2 heterocycles. The molecule has 0 aliphatic carbocycles. The highest BCUT2D eigenvalue weighted by Gasteiger charge is 2.35. The number of carbonyl (C=O) groups is 1. The Labute approximate surface area is 180 Å². The normalized spacial score (nSPS) is 16.5. The highest BCUT2D eigenvalue weighted by atomic mass is 35.5. The first-order chi connectivity index (χ1) is 14.6. The maximum absolute atomic E-state index is 12.9. The topological polar surface area (TPSA) is 38.1 Å². The van der Waals surface area contributed by atoms with E-state index in [2.05, 4.69) is 16.7 Å². The third-order valence-electron chi connectivity index (χ3n) is 5.81. The predicted molar refractivity (Wildman–Crippen MR) is 121 cm³/mol. The maximum Gasteiger partial charge on any atom is 0.227 e. The summed E-state index contributed by atoms with van der Waals surface area (Å²) >= 11 is 6.21. The maximum atomic E-state index is 12.9. The molecule has 0 bridgehead atoms. The molecule has 30 heavy (non-hydrogen) atoms. The molecule has 150 valence electrons. The molecule has 1 fully saturated rings. The molecule has 4 aromatic rings. The van der Waals surface area contributed by atoms with Crippen molar-refractivity contribution in [3.8, 4) is 0 Å². The van der Waals surface area contributed by atoms with Crippen LogP contribution in [0.3, 0.4) is 0 Å². The summed E-state index contributed by atoms with van der Waals surface area (Å²) < 4.78 is 2.24. The van der Waals surface area contributed by atoms with Gasteiger partial charge in [-0.05, 0) is 48.4 Å². The van der Waals surface area contributed by atoms with E-state index >= 15 is 0 Å². The Morgan fingerprint density at radius 1 is 1.03 bits per heavy atom. The second-order valence-electron chi connectivity index (χ2n) is 7.87. The number of carbonyl (C=O) groups excluding carboxylic acids is 1. The van der Waals surface area contributed by atoms with E-state index in [0.29, 0.717) is 19.5 Å². The number of amides is 1. The van der Waals surface area contributed by atoms with Crippen molar-refractivity contribution in [2.24, 2.45) is 0 Å². The molecule has 1 amide bonds. The van der Waals surface area contributed by atoms with Gasteiger partial charge in [-0.1, -0.05) is 54.1 Å². The van der Waals surface area contributed by atoms with E-state index in [4.69, 9.17) is 16.6 Å². The number of para-hydroxylation sites is 3. The first-order valence-electron chi connectivity index (χ1n) is 10.2. The van der Waals surface area contributed by atoms with Gasteiger partial charge in [0.05, 0.1) is 11.0 Å². The lowest BCUT2D eigenvalue weighted by Gasteiger charge is -2.19. The summed E-state index contributed by atoms with van der Waals surface area (Å²) in [7, 11) is 0. The Bertz CT molecular complexity index is 1250. The van der Waals surface area contributed by atoms with E-state index in [9.17, 15) is 4.79 Å². The Hall–Kier alpha value is -3.11. The summed E-state index contributed by atoms with van der Waals surface area (Å²) in [6.45, 7) is 3.36. The van der Waals surface area contributed by atoms with Gasteiger partial charge in [0.25, 0.3) is 0 Å². The zero-order valence-electron chi connectivity index (χ0n) is 16.8. The third-order valence-corrected chi connectivity index (χ3v) is 6.05. The lowest BCUT2D eigenvalue weighted by molar-refractivity contribution is -0.117. The van der Waals surface area contributed by atoms with E-state index in [1.165, 1.54) is 0 Å². The van der Waals surface area contributed by atoms with Crippen molar-refractivity contribution in [3.63, 3.8) is 0 Å². The summed E-state index contributed by atoms with van der Waals surface area (Å²) in [5, 5.41) is 0.722. The van der Waals surface area contributed by atoms with Crippen LogP contribution in [0.15, 0.2) is 72.8 Å². The van der Waals surface area contributed by atoms with Gasteiger partial charge in [-0.2, -0.15) is 0 Å². The van der Waals surface area contributed by atoms with Crippen molar-refractivity contribution < 1.29 is 4.79 Å². The van der Waals surface area contributed by atoms with Crippen LogP contribution >= 0.6 is 11.6 Å². The standard InChI is InChI=1S/C25H22ClN3O/c1-17-7-2-4-11-22(17)28-16-19(14-24(28)30)25-27-21-10-3-5-12-23(21)29(25)15-18-8-6-9-20(26)13-18/h2-13,19H,14-16H2,1H3/t19-/m1/s1. The first kappa shape index (κ1) is 18.9. The van der Waals surface area contributed by atoms with Gasteiger partial charge in [0.15, 0.2) is 0 Å². The minimum absolute atomic E-state index is 0.0451. The van der Waals surface area contributed by atoms with Crippen LogP contribution in [0.1, 0.15) is 29.3 Å². The molecule has 0 N–H and O–H groups in total. The predicted octanol–water partition coefficient (Wildman–Crippen LogP) is 5.57. The van der Waals surface area contributed by atoms with Gasteiger partial charge in [0, 0.05) is 36.1 Å². The van der Waals surface area contributed by atoms with Crippen LogP contribution in [0, 0.1) is 6.92 Å². The van der Waals surface area contributed by atoms with Gasteiger partial charge in [-0.3, -0.25) is 4.79 Å². The minimum atomic E-state index is 0.0451. The van der Waals surface area contributed by atoms with Crippen molar-refractivity contribution in [2.75, 3.05) is 11.4 Å². The van der Waals surface area contributed by atoms with E-state index in [0.717, 1.165) is 38.7 Å². The van der Waals surface area contributed by atoms with Gasteiger partial charge in [0.2, 0.25) is 5.91 Å². The van der Waals surface area contributed by atoms with Gasteiger partial charge in [0.1, 0.15) is 5.82 Å². The number of hydrogen-bond donors (Lipinski definition) is 0. The number of imidazole rings is 1. The zero-order chi connectivity index (χ0) is 20.7. The summed E-state index contributed by atoms with van der Waals surface area (Å²) in [6.07, 6.45) is 0.465. The van der Waals surface area contributed by atoms with E-state index in [1.807, 2.05) is 72.5 Å². The molecule has 1 aliphatic heterocycles. The molecule has 0 unspecified atom stereocenters. The SMILES string of the molecule is Cc1ccccc1N1C[C@H](c2nc3ccccc3n2Cc2cccc(Cl)c2)CC1=O. The molecule has 0 saturated carbocycles. The summed E-state index contributed by atoms with van der Waals surface area (Å²) in [6, 6.07) is 24.1. The van der Waals surface area contributed by atoms with Crippen molar-refractivity contribution in [1.29, 1.82) is 0 Å². The Kier molecular flexibility index (Phi) is 4.80. The van der Waals surface area contributed by atoms with Crippen LogP contribution in [0.5, 0.6) is 0 Å². The molecule has 5 heteroatoms. The molecular formula is C25H22ClN3O. The Balaban J connectivity index is 1.54.